The van der Waals surface area contributed by atoms with Crippen LogP contribution in [0, 0.1) is 16.0 Å². The lowest BCUT2D eigenvalue weighted by Crippen LogP contribution is -2.17. The molecule has 0 bridgehead atoms. The number of hydrogen-bond acceptors (Lipinski definition) is 4. The van der Waals surface area contributed by atoms with Gasteiger partial charge in [-0.3, -0.25) is 10.1 Å². The highest BCUT2D eigenvalue weighted by Crippen LogP contribution is 2.29. The number of carbonyl (C=O) groups excluding carboxylic acids is 1. The van der Waals surface area contributed by atoms with E-state index in [4.69, 9.17) is 4.74 Å². The van der Waals surface area contributed by atoms with Crippen LogP contribution in [0.4, 0.5) is 5.69 Å². The minimum atomic E-state index is -0.526. The number of benzene rings is 1. The van der Waals surface area contributed by atoms with Crippen LogP contribution in [-0.4, -0.2) is 17.5 Å². The van der Waals surface area contributed by atoms with Gasteiger partial charge in [0.1, 0.15) is 4.47 Å². The van der Waals surface area contributed by atoms with E-state index >= 15 is 0 Å². The number of hydrogen-bond donors (Lipinski definition) is 0. The molecule has 0 N–H and O–H groups in total. The van der Waals surface area contributed by atoms with E-state index < -0.39 is 10.9 Å². The van der Waals surface area contributed by atoms with E-state index in [1.165, 1.54) is 37.5 Å². The molecule has 0 heterocycles. The molecule has 1 aromatic rings. The predicted octanol–water partition coefficient (Wildman–Crippen LogP) is 4.09. The number of nitro groups is 1. The highest BCUT2D eigenvalue weighted by Gasteiger charge is 2.22. The molecule has 2 rings (SSSR count). The second kappa shape index (κ2) is 6.83. The molecule has 5 nitrogen and oxygen atoms in total. The highest BCUT2D eigenvalue weighted by molar-refractivity contribution is 9.10. The molecule has 1 aromatic carbocycles. The Morgan fingerprint density at radius 2 is 2.05 bits per heavy atom. The molecular weight excluding hydrogens is 326 g/mol. The maximum atomic E-state index is 12.0. The smallest absolute Gasteiger partial charge is 0.339 e. The molecule has 1 fully saturated rings. The predicted molar refractivity (Wildman–Crippen MR) is 77.7 cm³/mol. The monoisotopic (exact) mass is 341 g/mol. The minimum Gasteiger partial charge on any atom is -0.462 e. The zero-order valence-corrected chi connectivity index (χ0v) is 12.6. The molecule has 0 aliphatic heterocycles. The summed E-state index contributed by atoms with van der Waals surface area (Å²) in [4.78, 5) is 22.3. The van der Waals surface area contributed by atoms with Crippen molar-refractivity contribution in [2.75, 3.05) is 6.61 Å². The van der Waals surface area contributed by atoms with Crippen molar-refractivity contribution in [1.29, 1.82) is 0 Å². The van der Waals surface area contributed by atoms with Crippen LogP contribution < -0.4 is 0 Å². The molecule has 0 unspecified atom stereocenters. The zero-order chi connectivity index (χ0) is 14.5. The molecule has 1 aliphatic carbocycles. The van der Waals surface area contributed by atoms with Crippen LogP contribution in [-0.2, 0) is 4.74 Å². The van der Waals surface area contributed by atoms with E-state index in [-0.39, 0.29) is 15.7 Å². The topological polar surface area (TPSA) is 69.4 Å². The maximum Gasteiger partial charge on any atom is 0.339 e. The maximum absolute atomic E-state index is 12.0. The summed E-state index contributed by atoms with van der Waals surface area (Å²) in [5, 5.41) is 10.8. The highest BCUT2D eigenvalue weighted by atomic mass is 79.9. The summed E-state index contributed by atoms with van der Waals surface area (Å²) >= 11 is 3.11. The van der Waals surface area contributed by atoms with Gasteiger partial charge in [0.2, 0.25) is 0 Å². The van der Waals surface area contributed by atoms with E-state index in [0.717, 1.165) is 12.8 Å². The lowest BCUT2D eigenvalue weighted by molar-refractivity contribution is -0.385. The van der Waals surface area contributed by atoms with Gasteiger partial charge in [0.15, 0.2) is 0 Å². The van der Waals surface area contributed by atoms with Crippen molar-refractivity contribution >= 4 is 27.6 Å². The molecule has 0 saturated heterocycles. The number of nitrogens with zero attached hydrogens (tertiary/aromatic N) is 1. The van der Waals surface area contributed by atoms with Gasteiger partial charge in [-0.25, -0.2) is 4.79 Å². The van der Waals surface area contributed by atoms with Crippen LogP contribution >= 0.6 is 15.9 Å². The van der Waals surface area contributed by atoms with Crippen molar-refractivity contribution in [2.45, 2.75) is 32.1 Å². The Hall–Kier alpha value is -1.43. The van der Waals surface area contributed by atoms with Crippen molar-refractivity contribution in [3.05, 3.63) is 38.3 Å². The second-order valence-electron chi connectivity index (χ2n) is 5.00. The lowest BCUT2D eigenvalue weighted by atomic mass is 9.90. The summed E-state index contributed by atoms with van der Waals surface area (Å²) in [5.74, 6) is -0.0867. The summed E-state index contributed by atoms with van der Waals surface area (Å²) in [6.07, 6.45) is 5.79. The standard InChI is InChI=1S/C14H16BrNO4/c15-13-11(7-4-8-12(13)16(18)19)14(17)20-9-10-5-2-1-3-6-10/h4,7-8,10H,1-3,5-6,9H2. The third-order valence-corrected chi connectivity index (χ3v) is 4.40. The van der Waals surface area contributed by atoms with E-state index in [9.17, 15) is 14.9 Å². The van der Waals surface area contributed by atoms with Gasteiger partial charge >= 0.3 is 5.97 Å². The van der Waals surface area contributed by atoms with Crippen LogP contribution in [0.3, 0.4) is 0 Å². The Morgan fingerprint density at radius 1 is 1.35 bits per heavy atom. The molecule has 0 aromatic heterocycles. The summed E-state index contributed by atoms with van der Waals surface area (Å²) < 4.78 is 5.47. The van der Waals surface area contributed by atoms with Gasteiger partial charge in [-0.05, 0) is 40.8 Å². The van der Waals surface area contributed by atoms with Crippen molar-refractivity contribution in [1.82, 2.24) is 0 Å². The Kier molecular flexibility index (Phi) is 5.11. The largest absolute Gasteiger partial charge is 0.462 e. The molecule has 0 amide bonds. The van der Waals surface area contributed by atoms with Crippen LogP contribution in [0.15, 0.2) is 22.7 Å². The van der Waals surface area contributed by atoms with E-state index in [1.54, 1.807) is 0 Å². The first-order valence-electron chi connectivity index (χ1n) is 6.69. The van der Waals surface area contributed by atoms with Gasteiger partial charge in [-0.2, -0.15) is 0 Å². The fraction of sp³-hybridized carbons (Fsp3) is 0.500. The van der Waals surface area contributed by atoms with Crippen LogP contribution in [0.5, 0.6) is 0 Å². The van der Waals surface area contributed by atoms with Crippen molar-refractivity contribution in [2.24, 2.45) is 5.92 Å². The minimum absolute atomic E-state index is 0.128. The fourth-order valence-corrected chi connectivity index (χ4v) is 3.01. The molecule has 108 valence electrons. The van der Waals surface area contributed by atoms with Gasteiger partial charge in [0, 0.05) is 6.07 Å². The third kappa shape index (κ3) is 3.56. The lowest BCUT2D eigenvalue weighted by Gasteiger charge is -2.21. The Bertz CT molecular complexity index is 512. The van der Waals surface area contributed by atoms with Gasteiger partial charge in [-0.15, -0.1) is 0 Å². The van der Waals surface area contributed by atoms with Crippen LogP contribution in [0.2, 0.25) is 0 Å². The van der Waals surface area contributed by atoms with E-state index in [0.29, 0.717) is 12.5 Å². The number of esters is 1. The van der Waals surface area contributed by atoms with Gasteiger partial charge in [0.05, 0.1) is 17.1 Å². The molecule has 1 aliphatic rings. The summed E-state index contributed by atoms with van der Waals surface area (Å²) in [5.41, 5.74) is 0.0760. The molecule has 1 saturated carbocycles. The molecule has 0 spiro atoms. The number of carbonyl (C=O) groups is 1. The SMILES string of the molecule is O=C(OCC1CCCCC1)c1cccc([N+](=O)[O-])c1Br. The Morgan fingerprint density at radius 3 is 2.70 bits per heavy atom. The van der Waals surface area contributed by atoms with Gasteiger partial charge < -0.3 is 4.74 Å². The first-order chi connectivity index (χ1) is 9.59. The second-order valence-corrected chi connectivity index (χ2v) is 5.79. The first kappa shape index (κ1) is 15.0. The van der Waals surface area contributed by atoms with Crippen molar-refractivity contribution in [3.63, 3.8) is 0 Å². The third-order valence-electron chi connectivity index (χ3n) is 3.57. The van der Waals surface area contributed by atoms with E-state index in [1.807, 2.05) is 0 Å². The molecule has 0 radical (unpaired) electrons. The molecular formula is C14H16BrNO4. The first-order valence-corrected chi connectivity index (χ1v) is 7.49. The fourth-order valence-electron chi connectivity index (χ4n) is 2.44. The average molecular weight is 342 g/mol. The molecule has 6 heteroatoms. The van der Waals surface area contributed by atoms with Gasteiger partial charge in [0.25, 0.3) is 5.69 Å². The van der Waals surface area contributed by atoms with Gasteiger partial charge in [-0.1, -0.05) is 25.3 Å². The number of halogens is 1. The summed E-state index contributed by atoms with van der Waals surface area (Å²) in [6, 6.07) is 4.36. The van der Waals surface area contributed by atoms with Crippen LogP contribution in [0.25, 0.3) is 0 Å². The van der Waals surface area contributed by atoms with Crippen molar-refractivity contribution < 1.29 is 14.5 Å². The normalized spacial score (nSPS) is 15.8. The van der Waals surface area contributed by atoms with Crippen molar-refractivity contribution in [3.8, 4) is 0 Å². The Balaban J connectivity index is 2.01. The average Bonchev–Trinajstić information content (AvgIpc) is 2.46. The number of rotatable bonds is 4. The summed E-state index contributed by atoms with van der Waals surface area (Å²) in [6.45, 7) is 0.397. The number of ether oxygens (including phenoxy) is 1. The van der Waals surface area contributed by atoms with Crippen LogP contribution in [0.1, 0.15) is 42.5 Å². The zero-order valence-electron chi connectivity index (χ0n) is 11.0. The quantitative estimate of drug-likeness (QED) is 0.469. The number of nitro benzene ring substituents is 1. The summed E-state index contributed by atoms with van der Waals surface area (Å²) in [7, 11) is 0. The molecule has 20 heavy (non-hydrogen) atoms. The Labute approximate surface area is 125 Å². The molecule has 0 atom stereocenters. The van der Waals surface area contributed by atoms with E-state index in [2.05, 4.69) is 15.9 Å².